The first-order chi connectivity index (χ1) is 11.7. The summed E-state index contributed by atoms with van der Waals surface area (Å²) < 4.78 is 37.7. The second-order valence-electron chi connectivity index (χ2n) is 5.62. The Morgan fingerprint density at radius 3 is 2.92 bits per heavy atom. The number of nitrogens with one attached hydrogen (secondary N) is 2. The monoisotopic (exact) mass is 341 g/mol. The van der Waals surface area contributed by atoms with Crippen molar-refractivity contribution in [1.82, 2.24) is 10.6 Å². The van der Waals surface area contributed by atoms with E-state index in [-0.39, 0.29) is 6.10 Å². The number of benzene rings is 1. The summed E-state index contributed by atoms with van der Waals surface area (Å²) in [5.74, 6) is -0.228. The Balaban J connectivity index is 1.59. The van der Waals surface area contributed by atoms with E-state index in [0.29, 0.717) is 44.2 Å². The summed E-state index contributed by atoms with van der Waals surface area (Å²) in [6, 6.07) is 3.47. The number of rotatable bonds is 8. The molecule has 1 aromatic carbocycles. The standard InChI is InChI=1S/C17H25F2N3O2/c1-20-17(22-8-10-23-12-15-3-2-9-24-15)21-7-6-13-11-14(18)4-5-16(13)19/h4-5,11,15H,2-3,6-10,12H2,1H3,(H2,20,21,22). The molecule has 1 atom stereocenters. The van der Waals surface area contributed by atoms with Gasteiger partial charge in [0.1, 0.15) is 11.6 Å². The minimum Gasteiger partial charge on any atom is -0.377 e. The molecule has 1 aromatic rings. The van der Waals surface area contributed by atoms with Crippen molar-refractivity contribution < 1.29 is 18.3 Å². The van der Waals surface area contributed by atoms with Crippen LogP contribution in [0.3, 0.4) is 0 Å². The maximum absolute atomic E-state index is 13.5. The van der Waals surface area contributed by atoms with Crippen molar-refractivity contribution in [3.63, 3.8) is 0 Å². The molecule has 0 spiro atoms. The Morgan fingerprint density at radius 2 is 2.17 bits per heavy atom. The molecule has 1 aliphatic rings. The van der Waals surface area contributed by atoms with Crippen molar-refractivity contribution >= 4 is 5.96 Å². The first-order valence-electron chi connectivity index (χ1n) is 8.27. The van der Waals surface area contributed by atoms with Crippen LogP contribution in [0.5, 0.6) is 0 Å². The molecule has 1 saturated heterocycles. The largest absolute Gasteiger partial charge is 0.377 e. The fraction of sp³-hybridized carbons (Fsp3) is 0.588. The van der Waals surface area contributed by atoms with Crippen LogP contribution < -0.4 is 10.6 Å². The third-order valence-corrected chi connectivity index (χ3v) is 3.78. The van der Waals surface area contributed by atoms with E-state index in [0.717, 1.165) is 31.6 Å². The number of hydrogen-bond acceptors (Lipinski definition) is 3. The lowest BCUT2D eigenvalue weighted by Gasteiger charge is -2.13. The number of aliphatic imine (C=N–C) groups is 1. The first-order valence-corrected chi connectivity index (χ1v) is 8.27. The molecule has 0 saturated carbocycles. The lowest BCUT2D eigenvalue weighted by atomic mass is 10.1. The highest BCUT2D eigenvalue weighted by atomic mass is 19.1. The molecule has 0 aromatic heterocycles. The minimum atomic E-state index is -0.433. The van der Waals surface area contributed by atoms with Gasteiger partial charge in [-0.05, 0) is 43.0 Å². The Morgan fingerprint density at radius 1 is 1.33 bits per heavy atom. The molecule has 2 rings (SSSR count). The fourth-order valence-electron chi connectivity index (χ4n) is 2.50. The van der Waals surface area contributed by atoms with Gasteiger partial charge in [-0.25, -0.2) is 8.78 Å². The molecular formula is C17H25F2N3O2. The van der Waals surface area contributed by atoms with Crippen molar-refractivity contribution in [2.45, 2.75) is 25.4 Å². The topological polar surface area (TPSA) is 54.9 Å². The molecular weight excluding hydrogens is 316 g/mol. The maximum atomic E-state index is 13.5. The molecule has 134 valence electrons. The van der Waals surface area contributed by atoms with E-state index in [1.807, 2.05) is 0 Å². The van der Waals surface area contributed by atoms with E-state index in [4.69, 9.17) is 9.47 Å². The van der Waals surface area contributed by atoms with Crippen molar-refractivity contribution in [1.29, 1.82) is 0 Å². The molecule has 7 heteroatoms. The highest BCUT2D eigenvalue weighted by molar-refractivity contribution is 5.79. The van der Waals surface area contributed by atoms with Crippen LogP contribution in [0.25, 0.3) is 0 Å². The number of halogens is 2. The molecule has 2 N–H and O–H groups in total. The third-order valence-electron chi connectivity index (χ3n) is 3.78. The summed E-state index contributed by atoms with van der Waals surface area (Å²) in [6.45, 7) is 3.07. The fourth-order valence-corrected chi connectivity index (χ4v) is 2.50. The lowest BCUT2D eigenvalue weighted by molar-refractivity contribution is 0.0191. The summed E-state index contributed by atoms with van der Waals surface area (Å²) in [4.78, 5) is 4.08. The number of hydrogen-bond donors (Lipinski definition) is 2. The zero-order chi connectivity index (χ0) is 17.2. The second-order valence-corrected chi connectivity index (χ2v) is 5.62. The van der Waals surface area contributed by atoms with Gasteiger partial charge in [0.05, 0.1) is 19.3 Å². The highest BCUT2D eigenvalue weighted by Crippen LogP contribution is 2.11. The molecule has 5 nitrogen and oxygen atoms in total. The van der Waals surface area contributed by atoms with Crippen molar-refractivity contribution in [3.8, 4) is 0 Å². The van der Waals surface area contributed by atoms with Crippen LogP contribution in [0.15, 0.2) is 23.2 Å². The Bertz CT molecular complexity index is 535. The first kappa shape index (κ1) is 18.6. The molecule has 0 radical (unpaired) electrons. The summed E-state index contributed by atoms with van der Waals surface area (Å²) in [5, 5.41) is 6.18. The minimum absolute atomic E-state index is 0.226. The summed E-state index contributed by atoms with van der Waals surface area (Å²) in [5.41, 5.74) is 0.345. The van der Waals surface area contributed by atoms with Gasteiger partial charge in [-0.1, -0.05) is 0 Å². The van der Waals surface area contributed by atoms with Crippen LogP contribution in [-0.2, 0) is 15.9 Å². The van der Waals surface area contributed by atoms with Crippen molar-refractivity contribution in [2.24, 2.45) is 4.99 Å². The van der Waals surface area contributed by atoms with E-state index in [2.05, 4.69) is 15.6 Å². The summed E-state index contributed by atoms with van der Waals surface area (Å²) in [6.07, 6.45) is 2.77. The molecule has 1 heterocycles. The third kappa shape index (κ3) is 6.41. The normalized spacial score (nSPS) is 18.0. The summed E-state index contributed by atoms with van der Waals surface area (Å²) in [7, 11) is 1.66. The Labute approximate surface area is 141 Å². The van der Waals surface area contributed by atoms with Crippen molar-refractivity contribution in [2.75, 3.05) is 40.0 Å². The van der Waals surface area contributed by atoms with E-state index in [1.165, 1.54) is 6.07 Å². The number of guanidine groups is 1. The van der Waals surface area contributed by atoms with Gasteiger partial charge >= 0.3 is 0 Å². The van der Waals surface area contributed by atoms with Crippen LogP contribution >= 0.6 is 0 Å². The van der Waals surface area contributed by atoms with Crippen LogP contribution in [0.2, 0.25) is 0 Å². The van der Waals surface area contributed by atoms with Crippen LogP contribution in [0, 0.1) is 11.6 Å². The van der Waals surface area contributed by atoms with Gasteiger partial charge in [0.25, 0.3) is 0 Å². The smallest absolute Gasteiger partial charge is 0.191 e. The van der Waals surface area contributed by atoms with Crippen LogP contribution in [0.1, 0.15) is 18.4 Å². The molecule has 1 unspecified atom stereocenters. The SMILES string of the molecule is CN=C(NCCOCC1CCCO1)NCCc1cc(F)ccc1F. The highest BCUT2D eigenvalue weighted by Gasteiger charge is 2.14. The molecule has 1 aliphatic heterocycles. The molecule has 1 fully saturated rings. The van der Waals surface area contributed by atoms with Gasteiger partial charge in [0.15, 0.2) is 5.96 Å². The zero-order valence-electron chi connectivity index (χ0n) is 14.0. The zero-order valence-corrected chi connectivity index (χ0v) is 14.0. The predicted octanol–water partition coefficient (Wildman–Crippen LogP) is 1.87. The van der Waals surface area contributed by atoms with E-state index < -0.39 is 11.6 Å². The average Bonchev–Trinajstić information content (AvgIpc) is 3.09. The van der Waals surface area contributed by atoms with Gasteiger partial charge in [-0.2, -0.15) is 0 Å². The van der Waals surface area contributed by atoms with Crippen molar-refractivity contribution in [3.05, 3.63) is 35.4 Å². The number of ether oxygens (including phenoxy) is 2. The lowest BCUT2D eigenvalue weighted by Crippen LogP contribution is -2.40. The van der Waals surface area contributed by atoms with Gasteiger partial charge in [0, 0.05) is 26.7 Å². The Kier molecular flexibility index (Phi) is 7.91. The van der Waals surface area contributed by atoms with E-state index in [9.17, 15) is 8.78 Å². The number of nitrogens with zero attached hydrogens (tertiary/aromatic N) is 1. The van der Waals surface area contributed by atoms with E-state index in [1.54, 1.807) is 7.05 Å². The van der Waals surface area contributed by atoms with Gasteiger partial charge in [0.2, 0.25) is 0 Å². The average molecular weight is 341 g/mol. The summed E-state index contributed by atoms with van der Waals surface area (Å²) >= 11 is 0. The Hall–Kier alpha value is -1.73. The van der Waals surface area contributed by atoms with Crippen LogP contribution in [0.4, 0.5) is 8.78 Å². The van der Waals surface area contributed by atoms with Gasteiger partial charge < -0.3 is 20.1 Å². The quantitative estimate of drug-likeness (QED) is 0.431. The predicted molar refractivity (Wildman–Crippen MR) is 89.2 cm³/mol. The molecule has 0 aliphatic carbocycles. The molecule has 24 heavy (non-hydrogen) atoms. The second kappa shape index (κ2) is 10.2. The van der Waals surface area contributed by atoms with Gasteiger partial charge in [-0.15, -0.1) is 0 Å². The van der Waals surface area contributed by atoms with Gasteiger partial charge in [-0.3, -0.25) is 4.99 Å². The van der Waals surface area contributed by atoms with E-state index >= 15 is 0 Å². The molecule has 0 amide bonds. The molecule has 0 bridgehead atoms. The maximum Gasteiger partial charge on any atom is 0.191 e. The van der Waals surface area contributed by atoms with Crippen LogP contribution in [-0.4, -0.2) is 52.0 Å².